The van der Waals surface area contributed by atoms with Crippen LogP contribution in [0, 0.1) is 0 Å². The molecule has 3 aromatic rings. The highest BCUT2D eigenvalue weighted by atomic mass is 79.9. The maximum Gasteiger partial charge on any atom is 0.231 e. The maximum absolute atomic E-state index is 5.43. The van der Waals surface area contributed by atoms with Crippen LogP contribution in [0.3, 0.4) is 0 Å². The largest absolute Gasteiger partial charge is 0.453 e. The molecule has 0 aliphatic carbocycles. The number of rotatable bonds is 3. The first-order valence-corrected chi connectivity index (χ1v) is 7.59. The van der Waals surface area contributed by atoms with Crippen LogP contribution in [0.1, 0.15) is 12.6 Å². The van der Waals surface area contributed by atoms with Gasteiger partial charge in [0.25, 0.3) is 0 Å². The number of ether oxygens (including phenoxy) is 2. The molecule has 8 heteroatoms. The first-order chi connectivity index (χ1) is 10.8. The summed E-state index contributed by atoms with van der Waals surface area (Å²) in [6.45, 7) is 2.29. The van der Waals surface area contributed by atoms with Crippen molar-refractivity contribution in [2.45, 2.75) is 13.3 Å². The lowest BCUT2D eigenvalue weighted by Crippen LogP contribution is -1.97. The molecule has 2 N–H and O–H groups in total. The number of nitrogens with one attached hydrogen (secondary N) is 2. The second-order valence-corrected chi connectivity index (χ2v) is 5.65. The van der Waals surface area contributed by atoms with Crippen LogP contribution in [0.25, 0.3) is 11.0 Å². The molecule has 1 aliphatic rings. The van der Waals surface area contributed by atoms with Crippen molar-refractivity contribution in [1.29, 1.82) is 0 Å². The van der Waals surface area contributed by atoms with E-state index in [1.807, 2.05) is 12.1 Å². The lowest BCUT2D eigenvalue weighted by atomic mass is 10.2. The van der Waals surface area contributed by atoms with Gasteiger partial charge in [-0.05, 0) is 28.4 Å². The zero-order chi connectivity index (χ0) is 15.1. The van der Waals surface area contributed by atoms with E-state index in [-0.39, 0.29) is 6.79 Å². The van der Waals surface area contributed by atoms with E-state index in [0.29, 0.717) is 17.2 Å². The number of benzene rings is 1. The summed E-state index contributed by atoms with van der Waals surface area (Å²) in [4.78, 5) is 8.52. The Morgan fingerprint density at radius 2 is 2.23 bits per heavy atom. The van der Waals surface area contributed by atoms with Gasteiger partial charge in [-0.3, -0.25) is 5.10 Å². The normalized spacial score (nSPS) is 12.8. The highest BCUT2D eigenvalue weighted by Gasteiger charge is 2.19. The molecule has 0 saturated heterocycles. The molecule has 0 atom stereocenters. The summed E-state index contributed by atoms with van der Waals surface area (Å²) in [7, 11) is 0. The number of aryl methyl sites for hydroxylation is 1. The van der Waals surface area contributed by atoms with Crippen molar-refractivity contribution in [2.24, 2.45) is 0 Å². The number of halogens is 1. The number of fused-ring (bicyclic) bond motifs is 2. The second kappa shape index (κ2) is 5.13. The quantitative estimate of drug-likeness (QED) is 0.745. The summed E-state index contributed by atoms with van der Waals surface area (Å²) in [5.74, 6) is 2.13. The predicted molar refractivity (Wildman–Crippen MR) is 84.6 cm³/mol. The van der Waals surface area contributed by atoms with Crippen LogP contribution in [0.5, 0.6) is 11.5 Å². The predicted octanol–water partition coefficient (Wildman–Crippen LogP) is 3.15. The van der Waals surface area contributed by atoms with Crippen molar-refractivity contribution in [3.63, 3.8) is 0 Å². The molecular formula is C14H12BrN5O2. The monoisotopic (exact) mass is 361 g/mol. The molecule has 0 fully saturated rings. The molecule has 0 unspecified atom stereocenters. The molecule has 0 radical (unpaired) electrons. The fraction of sp³-hybridized carbons (Fsp3) is 0.214. The first-order valence-electron chi connectivity index (χ1n) is 6.80. The SMILES string of the molecule is CCc1[nH]nc2ncnc(Nc3cc(Br)c4c(c3)OCO4)c12. The molecular weight excluding hydrogens is 350 g/mol. The van der Waals surface area contributed by atoms with E-state index in [9.17, 15) is 0 Å². The topological polar surface area (TPSA) is 85.0 Å². The van der Waals surface area contributed by atoms with Gasteiger partial charge in [-0.2, -0.15) is 5.10 Å². The van der Waals surface area contributed by atoms with Gasteiger partial charge in [0.2, 0.25) is 6.79 Å². The van der Waals surface area contributed by atoms with E-state index in [1.165, 1.54) is 6.33 Å². The van der Waals surface area contributed by atoms with Gasteiger partial charge in [0, 0.05) is 17.4 Å². The van der Waals surface area contributed by atoms with Crippen LogP contribution in [0.15, 0.2) is 22.9 Å². The third kappa shape index (κ3) is 2.07. The summed E-state index contributed by atoms with van der Waals surface area (Å²) in [5.41, 5.74) is 2.49. The Hall–Kier alpha value is -2.35. The van der Waals surface area contributed by atoms with E-state index < -0.39 is 0 Å². The van der Waals surface area contributed by atoms with Gasteiger partial charge in [-0.25, -0.2) is 9.97 Å². The van der Waals surface area contributed by atoms with Gasteiger partial charge in [0.1, 0.15) is 12.1 Å². The zero-order valence-electron chi connectivity index (χ0n) is 11.7. The molecule has 4 rings (SSSR count). The molecule has 0 spiro atoms. The Kier molecular flexibility index (Phi) is 3.11. The van der Waals surface area contributed by atoms with Crippen LogP contribution in [0.2, 0.25) is 0 Å². The van der Waals surface area contributed by atoms with E-state index in [4.69, 9.17) is 9.47 Å². The minimum atomic E-state index is 0.233. The second-order valence-electron chi connectivity index (χ2n) is 4.79. The lowest BCUT2D eigenvalue weighted by Gasteiger charge is -2.09. The van der Waals surface area contributed by atoms with Crippen LogP contribution < -0.4 is 14.8 Å². The van der Waals surface area contributed by atoms with Crippen LogP contribution in [0.4, 0.5) is 11.5 Å². The Balaban J connectivity index is 1.78. The summed E-state index contributed by atoms with van der Waals surface area (Å²) in [6, 6.07) is 3.81. The minimum absolute atomic E-state index is 0.233. The fourth-order valence-corrected chi connectivity index (χ4v) is 3.00. The molecule has 2 aromatic heterocycles. The van der Waals surface area contributed by atoms with E-state index in [1.54, 1.807) is 0 Å². The highest BCUT2D eigenvalue weighted by molar-refractivity contribution is 9.10. The number of anilines is 2. The molecule has 3 heterocycles. The van der Waals surface area contributed by atoms with Gasteiger partial charge < -0.3 is 14.8 Å². The van der Waals surface area contributed by atoms with E-state index >= 15 is 0 Å². The Bertz CT molecular complexity index is 864. The van der Waals surface area contributed by atoms with Gasteiger partial charge in [0.15, 0.2) is 17.1 Å². The maximum atomic E-state index is 5.43. The minimum Gasteiger partial charge on any atom is -0.453 e. The zero-order valence-corrected chi connectivity index (χ0v) is 13.3. The third-order valence-corrected chi connectivity index (χ3v) is 4.06. The van der Waals surface area contributed by atoms with Crippen molar-refractivity contribution >= 4 is 38.5 Å². The summed E-state index contributed by atoms with van der Waals surface area (Å²) < 4.78 is 11.7. The molecule has 0 saturated carbocycles. The highest BCUT2D eigenvalue weighted by Crippen LogP contribution is 2.42. The van der Waals surface area contributed by atoms with Crippen LogP contribution in [-0.4, -0.2) is 27.0 Å². The fourth-order valence-electron chi connectivity index (χ4n) is 2.44. The molecule has 1 aliphatic heterocycles. The van der Waals surface area contributed by atoms with E-state index in [2.05, 4.69) is 48.3 Å². The molecule has 112 valence electrons. The average Bonchev–Trinajstić information content (AvgIpc) is 3.14. The average molecular weight is 362 g/mol. The van der Waals surface area contributed by atoms with Gasteiger partial charge in [-0.1, -0.05) is 6.92 Å². The molecule has 0 bridgehead atoms. The number of H-pyrrole nitrogens is 1. The molecule has 1 aromatic carbocycles. The van der Waals surface area contributed by atoms with E-state index in [0.717, 1.165) is 33.4 Å². The number of aromatic nitrogens is 4. The first kappa shape index (κ1) is 13.3. The summed E-state index contributed by atoms with van der Waals surface area (Å²) in [5, 5.41) is 11.4. The van der Waals surface area contributed by atoms with Gasteiger partial charge in [0.05, 0.1) is 9.86 Å². The molecule has 22 heavy (non-hydrogen) atoms. The third-order valence-electron chi connectivity index (χ3n) is 3.47. The summed E-state index contributed by atoms with van der Waals surface area (Å²) in [6.07, 6.45) is 2.32. The number of hydrogen-bond acceptors (Lipinski definition) is 6. The van der Waals surface area contributed by atoms with Crippen LogP contribution in [-0.2, 0) is 6.42 Å². The standard InChI is InChI=1S/C14H12BrN5O2/c1-2-9-11-13(16-5-17-14(11)20-19-9)18-7-3-8(15)12-10(4-7)21-6-22-12/h3-5H,2,6H2,1H3,(H2,16,17,18,19,20). The van der Waals surface area contributed by atoms with Gasteiger partial charge >= 0.3 is 0 Å². The van der Waals surface area contributed by atoms with Gasteiger partial charge in [-0.15, -0.1) is 0 Å². The number of aromatic amines is 1. The Labute approximate surface area is 134 Å². The van der Waals surface area contributed by atoms with Crippen molar-refractivity contribution in [2.75, 3.05) is 12.1 Å². The Morgan fingerprint density at radius 3 is 3.09 bits per heavy atom. The lowest BCUT2D eigenvalue weighted by molar-refractivity contribution is 0.173. The smallest absolute Gasteiger partial charge is 0.231 e. The molecule has 7 nitrogen and oxygen atoms in total. The number of nitrogens with zero attached hydrogens (tertiary/aromatic N) is 3. The number of hydrogen-bond donors (Lipinski definition) is 2. The summed E-state index contributed by atoms with van der Waals surface area (Å²) >= 11 is 3.49. The molecule has 0 amide bonds. The van der Waals surface area contributed by atoms with Crippen molar-refractivity contribution in [3.05, 3.63) is 28.6 Å². The van der Waals surface area contributed by atoms with Crippen molar-refractivity contribution in [3.8, 4) is 11.5 Å². The Morgan fingerprint density at radius 1 is 1.32 bits per heavy atom. The van der Waals surface area contributed by atoms with Crippen LogP contribution >= 0.6 is 15.9 Å². The van der Waals surface area contributed by atoms with Crippen molar-refractivity contribution in [1.82, 2.24) is 20.2 Å². The van der Waals surface area contributed by atoms with Crippen molar-refractivity contribution < 1.29 is 9.47 Å².